The van der Waals surface area contributed by atoms with Gasteiger partial charge in [-0.3, -0.25) is 14.5 Å². The van der Waals surface area contributed by atoms with Gasteiger partial charge in [0.05, 0.1) is 5.92 Å². The van der Waals surface area contributed by atoms with Gasteiger partial charge >= 0.3 is 12.0 Å². The van der Waals surface area contributed by atoms with Gasteiger partial charge in [0.25, 0.3) is 5.91 Å². The summed E-state index contributed by atoms with van der Waals surface area (Å²) in [7, 11) is 0. The Labute approximate surface area is 105 Å². The first kappa shape index (κ1) is 12.6. The molecule has 0 bridgehead atoms. The summed E-state index contributed by atoms with van der Waals surface area (Å²) in [5.74, 6) is -0.979. The zero-order valence-corrected chi connectivity index (χ0v) is 10.1. The van der Waals surface area contributed by atoms with Crippen molar-refractivity contribution in [3.8, 4) is 0 Å². The summed E-state index contributed by atoms with van der Waals surface area (Å²) in [6.45, 7) is 0.430. The van der Waals surface area contributed by atoms with E-state index in [1.165, 1.54) is 0 Å². The van der Waals surface area contributed by atoms with E-state index in [-0.39, 0.29) is 18.5 Å². The number of rotatable bonds is 3. The molecule has 1 aliphatic carbocycles. The van der Waals surface area contributed by atoms with Gasteiger partial charge in [-0.15, -0.1) is 0 Å². The number of nitrogens with zero attached hydrogens (tertiary/aromatic N) is 1. The van der Waals surface area contributed by atoms with Crippen molar-refractivity contribution in [2.75, 3.05) is 19.7 Å². The van der Waals surface area contributed by atoms with E-state index >= 15 is 0 Å². The third kappa shape index (κ3) is 2.88. The van der Waals surface area contributed by atoms with E-state index in [4.69, 9.17) is 4.74 Å². The van der Waals surface area contributed by atoms with Crippen molar-refractivity contribution in [1.82, 2.24) is 10.2 Å². The molecule has 0 radical (unpaired) electrons. The molecular weight excluding hydrogens is 236 g/mol. The lowest BCUT2D eigenvalue weighted by Gasteiger charge is -2.17. The van der Waals surface area contributed by atoms with Crippen molar-refractivity contribution in [3.05, 3.63) is 12.2 Å². The van der Waals surface area contributed by atoms with E-state index in [0.717, 1.165) is 17.7 Å². The molecule has 0 unspecified atom stereocenters. The smallest absolute Gasteiger partial charge is 0.324 e. The van der Waals surface area contributed by atoms with Gasteiger partial charge in [0.2, 0.25) is 0 Å². The molecule has 2 rings (SSSR count). The van der Waals surface area contributed by atoms with Crippen LogP contribution in [0.25, 0.3) is 0 Å². The molecule has 1 heterocycles. The van der Waals surface area contributed by atoms with Crippen LogP contribution in [0.4, 0.5) is 4.79 Å². The van der Waals surface area contributed by atoms with Crippen molar-refractivity contribution in [3.63, 3.8) is 0 Å². The Hall–Kier alpha value is -1.85. The summed E-state index contributed by atoms with van der Waals surface area (Å²) >= 11 is 0. The van der Waals surface area contributed by atoms with Crippen LogP contribution in [-0.2, 0) is 14.3 Å². The molecule has 0 aromatic rings. The predicted octanol–water partition coefficient (Wildman–Crippen LogP) is 0.438. The molecule has 98 valence electrons. The number of amides is 3. The summed E-state index contributed by atoms with van der Waals surface area (Å²) in [6, 6.07) is -0.420. The normalized spacial score (nSPS) is 22.8. The Morgan fingerprint density at radius 1 is 1.44 bits per heavy atom. The molecule has 6 nitrogen and oxygen atoms in total. The minimum Gasteiger partial charge on any atom is -0.455 e. The third-order valence-electron chi connectivity index (χ3n) is 3.10. The molecule has 1 aliphatic heterocycles. The number of imide groups is 1. The number of esters is 1. The second-order valence-electron chi connectivity index (χ2n) is 4.37. The van der Waals surface area contributed by atoms with E-state index in [1.54, 1.807) is 0 Å². The minimum absolute atomic E-state index is 0.157. The van der Waals surface area contributed by atoms with E-state index in [1.807, 2.05) is 12.2 Å². The average molecular weight is 252 g/mol. The molecule has 0 saturated carbocycles. The number of hydrogen-bond acceptors (Lipinski definition) is 4. The summed E-state index contributed by atoms with van der Waals surface area (Å²) in [5.41, 5.74) is 0. The molecule has 1 atom stereocenters. The van der Waals surface area contributed by atoms with E-state index < -0.39 is 11.9 Å². The van der Waals surface area contributed by atoms with Gasteiger partial charge in [0, 0.05) is 13.1 Å². The van der Waals surface area contributed by atoms with Gasteiger partial charge in [0.15, 0.2) is 6.61 Å². The standard InChI is InChI=1S/C12H16N2O4/c15-10(14-7-6-13-12(14)17)8-18-11(16)9-4-2-1-3-5-9/h1-2,9H,3-8H2,(H,13,17)/t9-/m0/s1. The molecule has 6 heteroatoms. The first-order valence-corrected chi connectivity index (χ1v) is 6.08. The molecule has 2 aliphatic rings. The maximum atomic E-state index is 11.7. The van der Waals surface area contributed by atoms with Gasteiger partial charge in [-0.25, -0.2) is 4.79 Å². The zero-order chi connectivity index (χ0) is 13.0. The number of allylic oxidation sites excluding steroid dienone is 2. The molecule has 1 fully saturated rings. The topological polar surface area (TPSA) is 75.7 Å². The van der Waals surface area contributed by atoms with Crippen molar-refractivity contribution < 1.29 is 19.1 Å². The van der Waals surface area contributed by atoms with Crippen LogP contribution in [0.15, 0.2) is 12.2 Å². The maximum Gasteiger partial charge on any atom is 0.324 e. The van der Waals surface area contributed by atoms with Crippen LogP contribution in [0.3, 0.4) is 0 Å². The summed E-state index contributed by atoms with van der Waals surface area (Å²) in [4.78, 5) is 35.6. The fourth-order valence-corrected chi connectivity index (χ4v) is 2.05. The first-order valence-electron chi connectivity index (χ1n) is 6.08. The van der Waals surface area contributed by atoms with Crippen LogP contribution in [0.1, 0.15) is 19.3 Å². The van der Waals surface area contributed by atoms with Crippen molar-refractivity contribution >= 4 is 17.9 Å². The average Bonchev–Trinajstić information content (AvgIpc) is 2.83. The van der Waals surface area contributed by atoms with Crippen molar-refractivity contribution in [2.45, 2.75) is 19.3 Å². The highest BCUT2D eigenvalue weighted by Crippen LogP contribution is 2.19. The van der Waals surface area contributed by atoms with Gasteiger partial charge in [-0.05, 0) is 19.3 Å². The number of nitrogens with one attached hydrogen (secondary N) is 1. The summed E-state index contributed by atoms with van der Waals surface area (Å²) < 4.78 is 4.96. The van der Waals surface area contributed by atoms with Crippen LogP contribution in [0, 0.1) is 5.92 Å². The molecule has 1 saturated heterocycles. The van der Waals surface area contributed by atoms with E-state index in [0.29, 0.717) is 19.5 Å². The third-order valence-corrected chi connectivity index (χ3v) is 3.10. The molecule has 3 amide bonds. The molecule has 0 aromatic carbocycles. The van der Waals surface area contributed by atoms with Crippen LogP contribution >= 0.6 is 0 Å². The summed E-state index contributed by atoms with van der Waals surface area (Å²) in [6.07, 6.45) is 6.27. The van der Waals surface area contributed by atoms with Crippen LogP contribution in [0.2, 0.25) is 0 Å². The Bertz CT molecular complexity index is 392. The molecule has 0 spiro atoms. The predicted molar refractivity (Wildman–Crippen MR) is 62.6 cm³/mol. The number of hydrogen-bond donors (Lipinski definition) is 1. The number of carbonyl (C=O) groups excluding carboxylic acids is 3. The SMILES string of the molecule is O=C(OCC(=O)N1CCNC1=O)[C@H]1CC=CCC1. The Balaban J connectivity index is 1.77. The molecule has 1 N–H and O–H groups in total. The van der Waals surface area contributed by atoms with Gasteiger partial charge in [-0.1, -0.05) is 12.2 Å². The van der Waals surface area contributed by atoms with Gasteiger partial charge < -0.3 is 10.1 Å². The van der Waals surface area contributed by atoms with Crippen LogP contribution in [0.5, 0.6) is 0 Å². The number of ether oxygens (including phenoxy) is 1. The molecule has 0 aromatic heterocycles. The largest absolute Gasteiger partial charge is 0.455 e. The fourth-order valence-electron chi connectivity index (χ4n) is 2.05. The second kappa shape index (κ2) is 5.66. The van der Waals surface area contributed by atoms with E-state index in [9.17, 15) is 14.4 Å². The van der Waals surface area contributed by atoms with Crippen molar-refractivity contribution in [2.24, 2.45) is 5.92 Å². The highest BCUT2D eigenvalue weighted by molar-refractivity contribution is 5.97. The minimum atomic E-state index is -0.468. The Kier molecular flexibility index (Phi) is 3.96. The lowest BCUT2D eigenvalue weighted by molar-refractivity contribution is -0.154. The van der Waals surface area contributed by atoms with Crippen molar-refractivity contribution in [1.29, 1.82) is 0 Å². The second-order valence-corrected chi connectivity index (χ2v) is 4.37. The first-order chi connectivity index (χ1) is 8.68. The Morgan fingerprint density at radius 2 is 2.28 bits per heavy atom. The van der Waals surface area contributed by atoms with E-state index in [2.05, 4.69) is 5.32 Å². The van der Waals surface area contributed by atoms with Gasteiger partial charge in [-0.2, -0.15) is 0 Å². The lowest BCUT2D eigenvalue weighted by atomic mass is 9.95. The quantitative estimate of drug-likeness (QED) is 0.584. The Morgan fingerprint density at radius 3 is 2.89 bits per heavy atom. The fraction of sp³-hybridized carbons (Fsp3) is 0.583. The zero-order valence-electron chi connectivity index (χ0n) is 10.1. The molecular formula is C12H16N2O4. The highest BCUT2D eigenvalue weighted by atomic mass is 16.5. The monoisotopic (exact) mass is 252 g/mol. The highest BCUT2D eigenvalue weighted by Gasteiger charge is 2.28. The lowest BCUT2D eigenvalue weighted by Crippen LogP contribution is -2.37. The summed E-state index contributed by atoms with van der Waals surface area (Å²) in [5, 5.41) is 2.52. The van der Waals surface area contributed by atoms with Crippen LogP contribution in [-0.4, -0.2) is 42.5 Å². The number of urea groups is 1. The van der Waals surface area contributed by atoms with Crippen LogP contribution < -0.4 is 5.32 Å². The number of carbonyl (C=O) groups is 3. The molecule has 18 heavy (non-hydrogen) atoms. The maximum absolute atomic E-state index is 11.7. The van der Waals surface area contributed by atoms with Gasteiger partial charge in [0.1, 0.15) is 0 Å².